The maximum Gasteiger partial charge on any atom is 0.0724 e. The SMILES string of the molecule is Cc1ccc2c(c1)c1cc(C)ccc1n2-c1cnccc1-c1ccncc1-n1c2ccc(C)cc2c2cc(C)ccc21. The molecule has 0 amide bonds. The molecule has 0 unspecified atom stereocenters. The van der Waals surface area contributed by atoms with Gasteiger partial charge in [-0.05, 0) is 88.4 Å². The average Bonchev–Trinajstić information content (AvgIpc) is 3.48. The van der Waals surface area contributed by atoms with Crippen molar-refractivity contribution in [3.05, 3.63) is 132 Å². The number of rotatable bonds is 3. The highest BCUT2D eigenvalue weighted by Crippen LogP contribution is 2.40. The zero-order valence-electron chi connectivity index (χ0n) is 24.2. The summed E-state index contributed by atoms with van der Waals surface area (Å²) in [6.45, 7) is 8.63. The monoisotopic (exact) mass is 542 g/mol. The topological polar surface area (TPSA) is 35.6 Å². The molecule has 0 aliphatic carbocycles. The van der Waals surface area contributed by atoms with Crippen LogP contribution in [0.5, 0.6) is 0 Å². The standard InChI is InChI=1S/C38H30N4/c1-23-5-9-33-29(17-23)30-18-24(2)6-10-34(30)41(33)37-21-39-15-13-27(37)28-14-16-40-22-38(28)42-35-11-7-25(3)19-31(35)32-20-26(4)8-12-36(32)42/h5-22H,1-4H3. The van der Waals surface area contributed by atoms with Gasteiger partial charge in [-0.3, -0.25) is 9.97 Å². The third-order valence-corrected chi connectivity index (χ3v) is 8.52. The van der Waals surface area contributed by atoms with Crippen molar-refractivity contribution in [1.82, 2.24) is 19.1 Å². The number of aromatic nitrogens is 4. The second kappa shape index (κ2) is 9.15. The molecule has 0 fully saturated rings. The van der Waals surface area contributed by atoms with Gasteiger partial charge in [0.2, 0.25) is 0 Å². The highest BCUT2D eigenvalue weighted by atomic mass is 15.0. The number of fused-ring (bicyclic) bond motifs is 6. The second-order valence-electron chi connectivity index (χ2n) is 11.5. The summed E-state index contributed by atoms with van der Waals surface area (Å²) in [5, 5.41) is 5.02. The van der Waals surface area contributed by atoms with Crippen molar-refractivity contribution in [2.45, 2.75) is 27.7 Å². The molecular weight excluding hydrogens is 512 g/mol. The normalized spacial score (nSPS) is 11.8. The molecule has 0 aliphatic heterocycles. The number of hydrogen-bond donors (Lipinski definition) is 0. The zero-order valence-corrected chi connectivity index (χ0v) is 24.2. The largest absolute Gasteiger partial charge is 0.307 e. The van der Waals surface area contributed by atoms with Crippen LogP contribution >= 0.6 is 0 Å². The van der Waals surface area contributed by atoms with Crippen LogP contribution in [0.25, 0.3) is 66.1 Å². The summed E-state index contributed by atoms with van der Waals surface area (Å²) in [7, 11) is 0. The molecule has 4 nitrogen and oxygen atoms in total. The number of nitrogens with zero attached hydrogens (tertiary/aromatic N) is 4. The molecule has 0 spiro atoms. The van der Waals surface area contributed by atoms with E-state index in [9.17, 15) is 0 Å². The van der Waals surface area contributed by atoms with Crippen molar-refractivity contribution in [2.24, 2.45) is 0 Å². The first kappa shape index (κ1) is 24.6. The van der Waals surface area contributed by atoms with Crippen molar-refractivity contribution >= 4 is 43.6 Å². The summed E-state index contributed by atoms with van der Waals surface area (Å²) in [5.74, 6) is 0. The summed E-state index contributed by atoms with van der Waals surface area (Å²) in [5.41, 5.74) is 14.0. The van der Waals surface area contributed by atoms with E-state index in [-0.39, 0.29) is 0 Å². The Kier molecular flexibility index (Phi) is 5.35. The molecule has 8 aromatic rings. The number of pyridine rings is 2. The van der Waals surface area contributed by atoms with Gasteiger partial charge in [0.05, 0.1) is 45.8 Å². The Morgan fingerprint density at radius 2 is 0.714 bits per heavy atom. The first-order valence-electron chi connectivity index (χ1n) is 14.4. The Morgan fingerprint density at radius 1 is 0.405 bits per heavy atom. The molecule has 8 rings (SSSR count). The van der Waals surface area contributed by atoms with Crippen LogP contribution in [0.3, 0.4) is 0 Å². The molecule has 0 radical (unpaired) electrons. The fourth-order valence-electron chi connectivity index (χ4n) is 6.61. The lowest BCUT2D eigenvalue weighted by Crippen LogP contribution is -2.02. The molecule has 0 saturated carbocycles. The van der Waals surface area contributed by atoms with E-state index >= 15 is 0 Å². The Balaban J connectivity index is 1.46. The Morgan fingerprint density at radius 3 is 1.02 bits per heavy atom. The predicted octanol–water partition coefficient (Wildman–Crippen LogP) is 9.57. The first-order valence-corrected chi connectivity index (χ1v) is 14.4. The Bertz CT molecular complexity index is 2070. The maximum absolute atomic E-state index is 4.64. The zero-order chi connectivity index (χ0) is 28.5. The Hall–Kier alpha value is -5.22. The van der Waals surface area contributed by atoms with E-state index in [1.165, 1.54) is 65.9 Å². The van der Waals surface area contributed by atoms with Gasteiger partial charge in [0.15, 0.2) is 0 Å². The van der Waals surface area contributed by atoms with Crippen LogP contribution in [0.4, 0.5) is 0 Å². The fraction of sp³-hybridized carbons (Fsp3) is 0.105. The lowest BCUT2D eigenvalue weighted by molar-refractivity contribution is 1.12. The van der Waals surface area contributed by atoms with Crippen LogP contribution in [0, 0.1) is 27.7 Å². The quantitative estimate of drug-likeness (QED) is 0.223. The van der Waals surface area contributed by atoms with E-state index in [1.54, 1.807) is 0 Å². The molecule has 4 aromatic carbocycles. The van der Waals surface area contributed by atoms with Gasteiger partial charge >= 0.3 is 0 Å². The van der Waals surface area contributed by atoms with E-state index in [1.807, 2.05) is 24.8 Å². The third-order valence-electron chi connectivity index (χ3n) is 8.52. The summed E-state index contributed by atoms with van der Waals surface area (Å²) in [6, 6.07) is 31.2. The van der Waals surface area contributed by atoms with Crippen molar-refractivity contribution in [1.29, 1.82) is 0 Å². The van der Waals surface area contributed by atoms with Crippen molar-refractivity contribution in [3.8, 4) is 22.5 Å². The minimum atomic E-state index is 1.05. The van der Waals surface area contributed by atoms with Crippen molar-refractivity contribution < 1.29 is 0 Å². The third kappa shape index (κ3) is 3.61. The van der Waals surface area contributed by atoms with E-state index in [0.717, 1.165) is 22.5 Å². The molecule has 0 bridgehead atoms. The number of hydrogen-bond acceptors (Lipinski definition) is 2. The minimum Gasteiger partial charge on any atom is -0.307 e. The van der Waals surface area contributed by atoms with Gasteiger partial charge in [-0.1, -0.05) is 46.5 Å². The lowest BCUT2D eigenvalue weighted by atomic mass is 10.0. The van der Waals surface area contributed by atoms with Crippen LogP contribution in [-0.2, 0) is 0 Å². The molecule has 202 valence electrons. The summed E-state index contributed by atoms with van der Waals surface area (Å²) in [4.78, 5) is 9.29. The molecule has 4 heteroatoms. The molecule has 0 saturated heterocycles. The first-order chi connectivity index (χ1) is 20.5. The van der Waals surface area contributed by atoms with Crippen molar-refractivity contribution in [2.75, 3.05) is 0 Å². The van der Waals surface area contributed by atoms with Gasteiger partial charge in [-0.25, -0.2) is 0 Å². The van der Waals surface area contributed by atoms with Gasteiger partial charge in [-0.15, -0.1) is 0 Å². The molecule has 42 heavy (non-hydrogen) atoms. The van der Waals surface area contributed by atoms with Gasteiger partial charge in [0, 0.05) is 45.1 Å². The van der Waals surface area contributed by atoms with Gasteiger partial charge in [-0.2, -0.15) is 0 Å². The van der Waals surface area contributed by atoms with Gasteiger partial charge in [0.25, 0.3) is 0 Å². The fourth-order valence-corrected chi connectivity index (χ4v) is 6.61. The van der Waals surface area contributed by atoms with Crippen LogP contribution in [0.2, 0.25) is 0 Å². The van der Waals surface area contributed by atoms with Gasteiger partial charge < -0.3 is 9.13 Å². The molecule has 4 aromatic heterocycles. The van der Waals surface area contributed by atoms with Crippen LogP contribution < -0.4 is 0 Å². The minimum absolute atomic E-state index is 1.05. The van der Waals surface area contributed by atoms with Crippen LogP contribution in [0.1, 0.15) is 22.3 Å². The van der Waals surface area contributed by atoms with E-state index in [4.69, 9.17) is 0 Å². The molecular formula is C38H30N4. The van der Waals surface area contributed by atoms with Crippen LogP contribution in [-0.4, -0.2) is 19.1 Å². The number of benzene rings is 4. The van der Waals surface area contributed by atoms with E-state index in [2.05, 4.69) is 132 Å². The van der Waals surface area contributed by atoms with Crippen LogP contribution in [0.15, 0.2) is 110 Å². The Labute approximate surface area is 244 Å². The molecule has 0 N–H and O–H groups in total. The number of aryl methyl sites for hydroxylation is 4. The van der Waals surface area contributed by atoms with E-state index < -0.39 is 0 Å². The average molecular weight is 543 g/mol. The summed E-state index contributed by atoms with van der Waals surface area (Å²) in [6.07, 6.45) is 7.78. The van der Waals surface area contributed by atoms with Crippen molar-refractivity contribution in [3.63, 3.8) is 0 Å². The molecule has 4 heterocycles. The summed E-state index contributed by atoms with van der Waals surface area (Å²) >= 11 is 0. The smallest absolute Gasteiger partial charge is 0.0724 e. The maximum atomic E-state index is 4.64. The highest BCUT2D eigenvalue weighted by molar-refractivity contribution is 6.11. The second-order valence-corrected chi connectivity index (χ2v) is 11.5. The van der Waals surface area contributed by atoms with Gasteiger partial charge in [0.1, 0.15) is 0 Å². The summed E-state index contributed by atoms with van der Waals surface area (Å²) < 4.78 is 4.74. The highest BCUT2D eigenvalue weighted by Gasteiger charge is 2.20. The molecule has 0 aliphatic rings. The predicted molar refractivity (Wildman–Crippen MR) is 175 cm³/mol. The lowest BCUT2D eigenvalue weighted by Gasteiger charge is -2.17. The van der Waals surface area contributed by atoms with E-state index in [0.29, 0.717) is 0 Å². The molecule has 0 atom stereocenters.